The first-order valence-electron chi connectivity index (χ1n) is 6.27. The van der Waals surface area contributed by atoms with Crippen LogP contribution in [0.2, 0.25) is 5.02 Å². The molecule has 0 fully saturated rings. The number of halogens is 3. The highest BCUT2D eigenvalue weighted by Crippen LogP contribution is 2.29. The SMILES string of the molecule is CCc1nn(C)c(CC(O)c2ccc(I)c(Cl)c2)c1Br. The van der Waals surface area contributed by atoms with Crippen LogP contribution in [0.1, 0.15) is 30.0 Å². The zero-order chi connectivity index (χ0) is 14.9. The number of nitrogens with zero attached hydrogens (tertiary/aromatic N) is 2. The summed E-state index contributed by atoms with van der Waals surface area (Å²) in [4.78, 5) is 0. The summed E-state index contributed by atoms with van der Waals surface area (Å²) in [5.41, 5.74) is 2.82. The quantitative estimate of drug-likeness (QED) is 0.679. The fraction of sp³-hybridized carbons (Fsp3) is 0.357. The Balaban J connectivity index is 2.25. The van der Waals surface area contributed by atoms with Gasteiger partial charge in [0.25, 0.3) is 0 Å². The van der Waals surface area contributed by atoms with E-state index in [4.69, 9.17) is 11.6 Å². The second kappa shape index (κ2) is 6.77. The lowest BCUT2D eigenvalue weighted by atomic mass is 10.0. The Labute approximate surface area is 145 Å². The van der Waals surface area contributed by atoms with Crippen molar-refractivity contribution in [3.8, 4) is 0 Å². The van der Waals surface area contributed by atoms with Crippen LogP contribution in [-0.2, 0) is 19.9 Å². The van der Waals surface area contributed by atoms with Gasteiger partial charge in [-0.1, -0.05) is 24.6 Å². The molecule has 1 unspecified atom stereocenters. The third-order valence-electron chi connectivity index (χ3n) is 3.22. The van der Waals surface area contributed by atoms with Crippen molar-refractivity contribution in [3.63, 3.8) is 0 Å². The highest BCUT2D eigenvalue weighted by atomic mass is 127. The first kappa shape index (κ1) is 16.3. The fourth-order valence-corrected chi connectivity index (χ4v) is 3.36. The van der Waals surface area contributed by atoms with E-state index in [1.165, 1.54) is 0 Å². The molecule has 0 radical (unpaired) electrons. The molecule has 3 nitrogen and oxygen atoms in total. The van der Waals surface area contributed by atoms with Gasteiger partial charge in [0.05, 0.1) is 27.0 Å². The van der Waals surface area contributed by atoms with Crippen LogP contribution in [0.25, 0.3) is 0 Å². The van der Waals surface area contributed by atoms with Gasteiger partial charge < -0.3 is 5.11 Å². The number of aliphatic hydroxyl groups excluding tert-OH is 1. The minimum atomic E-state index is -0.596. The van der Waals surface area contributed by atoms with E-state index in [1.54, 1.807) is 0 Å². The zero-order valence-corrected chi connectivity index (χ0v) is 15.7. The van der Waals surface area contributed by atoms with Crippen LogP contribution in [0, 0.1) is 3.57 Å². The zero-order valence-electron chi connectivity index (χ0n) is 11.2. The number of aromatic nitrogens is 2. The minimum absolute atomic E-state index is 0.501. The molecule has 1 aromatic heterocycles. The summed E-state index contributed by atoms with van der Waals surface area (Å²) in [6.45, 7) is 2.06. The molecular formula is C14H15BrClIN2O. The standard InChI is InChI=1S/C14H15BrClIN2O/c1-3-11-14(15)12(19(2)18-11)7-13(20)8-4-5-10(17)9(16)6-8/h4-6,13,20H,3,7H2,1-2H3. The molecule has 2 aromatic rings. The van der Waals surface area contributed by atoms with E-state index in [1.807, 2.05) is 29.9 Å². The van der Waals surface area contributed by atoms with Gasteiger partial charge in [-0.15, -0.1) is 0 Å². The monoisotopic (exact) mass is 468 g/mol. The summed E-state index contributed by atoms with van der Waals surface area (Å²) in [6.07, 6.45) is 0.766. The van der Waals surface area contributed by atoms with E-state index in [0.29, 0.717) is 11.4 Å². The van der Waals surface area contributed by atoms with Crippen LogP contribution in [0.15, 0.2) is 22.7 Å². The second-order valence-corrected chi connectivity index (χ2v) is 6.94. The Hall–Kier alpha value is -0.110. The molecular weight excluding hydrogens is 454 g/mol. The maximum Gasteiger partial charge on any atom is 0.0846 e. The molecule has 0 spiro atoms. The van der Waals surface area contributed by atoms with Crippen molar-refractivity contribution in [2.45, 2.75) is 25.9 Å². The Morgan fingerprint density at radius 2 is 2.20 bits per heavy atom. The molecule has 0 bridgehead atoms. The fourth-order valence-electron chi connectivity index (χ4n) is 2.06. The molecule has 0 aliphatic rings. The van der Waals surface area contributed by atoms with Crippen molar-refractivity contribution in [1.82, 2.24) is 9.78 Å². The molecule has 108 valence electrons. The van der Waals surface area contributed by atoms with Crippen LogP contribution in [0.5, 0.6) is 0 Å². The third-order valence-corrected chi connectivity index (χ3v) is 5.71. The van der Waals surface area contributed by atoms with Gasteiger partial charge in [0.2, 0.25) is 0 Å². The molecule has 0 saturated heterocycles. The van der Waals surface area contributed by atoms with Crippen molar-refractivity contribution >= 4 is 50.1 Å². The van der Waals surface area contributed by atoms with E-state index in [9.17, 15) is 5.11 Å². The Bertz CT molecular complexity index is 630. The predicted octanol–water partition coefficient (Wildman–Crippen LogP) is 4.28. The average molecular weight is 470 g/mol. The first-order chi connectivity index (χ1) is 9.43. The van der Waals surface area contributed by atoms with Crippen LogP contribution in [0.4, 0.5) is 0 Å². The molecule has 0 amide bonds. The van der Waals surface area contributed by atoms with Crippen LogP contribution in [-0.4, -0.2) is 14.9 Å². The summed E-state index contributed by atoms with van der Waals surface area (Å²) < 4.78 is 3.79. The van der Waals surface area contributed by atoms with E-state index < -0.39 is 6.10 Å². The minimum Gasteiger partial charge on any atom is -0.388 e. The summed E-state index contributed by atoms with van der Waals surface area (Å²) in [7, 11) is 1.90. The summed E-state index contributed by atoms with van der Waals surface area (Å²) >= 11 is 11.8. The van der Waals surface area contributed by atoms with Crippen molar-refractivity contribution in [2.75, 3.05) is 0 Å². The highest BCUT2D eigenvalue weighted by Gasteiger charge is 2.17. The van der Waals surface area contributed by atoms with Gasteiger partial charge in [0, 0.05) is 17.0 Å². The first-order valence-corrected chi connectivity index (χ1v) is 8.52. The molecule has 0 aliphatic heterocycles. The van der Waals surface area contributed by atoms with Crippen molar-refractivity contribution in [2.24, 2.45) is 7.05 Å². The number of rotatable bonds is 4. The molecule has 1 N–H and O–H groups in total. The van der Waals surface area contributed by atoms with Gasteiger partial charge in [-0.3, -0.25) is 4.68 Å². The molecule has 1 heterocycles. The molecule has 20 heavy (non-hydrogen) atoms. The van der Waals surface area contributed by atoms with Crippen LogP contribution < -0.4 is 0 Å². The third kappa shape index (κ3) is 3.37. The molecule has 6 heteroatoms. The Kier molecular flexibility index (Phi) is 5.50. The topological polar surface area (TPSA) is 38.0 Å². The Morgan fingerprint density at radius 3 is 2.75 bits per heavy atom. The molecule has 1 atom stereocenters. The smallest absolute Gasteiger partial charge is 0.0846 e. The summed E-state index contributed by atoms with van der Waals surface area (Å²) in [5, 5.41) is 15.5. The van der Waals surface area contributed by atoms with Gasteiger partial charge in [0.1, 0.15) is 0 Å². The lowest BCUT2D eigenvalue weighted by molar-refractivity contribution is 0.175. The van der Waals surface area contributed by atoms with Crippen molar-refractivity contribution in [1.29, 1.82) is 0 Å². The largest absolute Gasteiger partial charge is 0.388 e. The normalized spacial score (nSPS) is 12.7. The molecule has 0 aliphatic carbocycles. The maximum absolute atomic E-state index is 10.4. The van der Waals surface area contributed by atoms with Gasteiger partial charge in [-0.2, -0.15) is 5.10 Å². The van der Waals surface area contributed by atoms with Gasteiger partial charge in [-0.25, -0.2) is 0 Å². The molecule has 2 rings (SSSR count). The van der Waals surface area contributed by atoms with Crippen LogP contribution in [0.3, 0.4) is 0 Å². The van der Waals surface area contributed by atoms with Crippen molar-refractivity contribution < 1.29 is 5.11 Å². The maximum atomic E-state index is 10.4. The summed E-state index contributed by atoms with van der Waals surface area (Å²) in [5.74, 6) is 0. The number of hydrogen-bond donors (Lipinski definition) is 1. The van der Waals surface area contributed by atoms with Gasteiger partial charge in [0.15, 0.2) is 0 Å². The van der Waals surface area contributed by atoms with E-state index in [2.05, 4.69) is 50.5 Å². The summed E-state index contributed by atoms with van der Waals surface area (Å²) in [6, 6.07) is 5.64. The lowest BCUT2D eigenvalue weighted by Crippen LogP contribution is -2.07. The number of benzene rings is 1. The second-order valence-electron chi connectivity index (χ2n) is 4.58. The average Bonchev–Trinajstić information content (AvgIpc) is 2.69. The van der Waals surface area contributed by atoms with Gasteiger partial charge in [-0.05, 0) is 62.6 Å². The molecule has 1 aromatic carbocycles. The lowest BCUT2D eigenvalue weighted by Gasteiger charge is -2.12. The highest BCUT2D eigenvalue weighted by molar-refractivity contribution is 14.1. The molecule has 0 saturated carbocycles. The predicted molar refractivity (Wildman–Crippen MR) is 93.1 cm³/mol. The number of aryl methyl sites for hydroxylation is 2. The Morgan fingerprint density at radius 1 is 1.50 bits per heavy atom. The van der Waals surface area contributed by atoms with Crippen molar-refractivity contribution in [3.05, 3.63) is 48.2 Å². The van der Waals surface area contributed by atoms with E-state index in [0.717, 1.165) is 31.4 Å². The van der Waals surface area contributed by atoms with E-state index >= 15 is 0 Å². The van der Waals surface area contributed by atoms with Crippen LogP contribution >= 0.6 is 50.1 Å². The number of aliphatic hydroxyl groups is 1. The van der Waals surface area contributed by atoms with Gasteiger partial charge >= 0.3 is 0 Å². The number of hydrogen-bond acceptors (Lipinski definition) is 2. The van der Waals surface area contributed by atoms with E-state index in [-0.39, 0.29) is 0 Å².